The van der Waals surface area contributed by atoms with Crippen LogP contribution in [0, 0.1) is 0 Å². The third-order valence-corrected chi connectivity index (χ3v) is 6.05. The van der Waals surface area contributed by atoms with Gasteiger partial charge in [-0.2, -0.15) is 5.01 Å². The lowest BCUT2D eigenvalue weighted by molar-refractivity contribution is -0.123. The van der Waals surface area contributed by atoms with Gasteiger partial charge in [-0.15, -0.1) is 0 Å². The molecular formula is C22H13ClN2O5S2. The smallest absolute Gasteiger partial charge is 0.335 e. The van der Waals surface area contributed by atoms with E-state index in [-0.39, 0.29) is 14.8 Å². The van der Waals surface area contributed by atoms with Crippen molar-refractivity contribution in [1.29, 1.82) is 0 Å². The molecule has 2 N–H and O–H groups in total. The number of rotatable bonds is 5. The van der Waals surface area contributed by atoms with E-state index in [1.54, 1.807) is 42.5 Å². The normalized spacial score (nSPS) is 14.8. The van der Waals surface area contributed by atoms with Crippen molar-refractivity contribution in [3.05, 3.63) is 87.5 Å². The van der Waals surface area contributed by atoms with Gasteiger partial charge >= 0.3 is 5.97 Å². The molecule has 10 heteroatoms. The van der Waals surface area contributed by atoms with E-state index in [2.05, 4.69) is 5.43 Å². The third-order valence-electron chi connectivity index (χ3n) is 4.42. The molecule has 4 rings (SSSR count). The van der Waals surface area contributed by atoms with Crippen LogP contribution in [0.15, 0.2) is 70.0 Å². The van der Waals surface area contributed by atoms with Crippen molar-refractivity contribution in [2.75, 3.05) is 0 Å². The van der Waals surface area contributed by atoms with E-state index in [0.717, 1.165) is 16.8 Å². The third kappa shape index (κ3) is 4.45. The van der Waals surface area contributed by atoms with E-state index in [1.807, 2.05) is 0 Å². The fourth-order valence-electron chi connectivity index (χ4n) is 2.87. The maximum atomic E-state index is 12.7. The lowest BCUT2D eigenvalue weighted by atomic mass is 10.1. The molecule has 7 nitrogen and oxygen atoms in total. The van der Waals surface area contributed by atoms with Crippen molar-refractivity contribution in [1.82, 2.24) is 10.4 Å². The zero-order valence-electron chi connectivity index (χ0n) is 16.1. The molecule has 0 bridgehead atoms. The number of carbonyl (C=O) groups is 3. The number of carbonyl (C=O) groups excluding carboxylic acids is 2. The molecule has 1 saturated heterocycles. The standard InChI is InChI=1S/C22H13ClN2O5S2/c23-16-8-6-13(21(28)29)10-15(16)17-9-7-14(30-17)11-18-20(27)25(22(31)32-18)24-19(26)12-4-2-1-3-5-12/h1-11H,(H,24,26)(H,28,29)/b18-11-. The second-order valence-corrected chi connectivity index (χ2v) is 8.61. The summed E-state index contributed by atoms with van der Waals surface area (Å²) < 4.78 is 5.92. The Bertz CT molecular complexity index is 1290. The van der Waals surface area contributed by atoms with Gasteiger partial charge < -0.3 is 9.52 Å². The van der Waals surface area contributed by atoms with Crippen LogP contribution in [-0.2, 0) is 4.79 Å². The number of benzene rings is 2. The lowest BCUT2D eigenvalue weighted by Crippen LogP contribution is -2.44. The highest BCUT2D eigenvalue weighted by molar-refractivity contribution is 8.26. The molecule has 0 spiro atoms. The van der Waals surface area contributed by atoms with Crippen molar-refractivity contribution in [3.8, 4) is 11.3 Å². The summed E-state index contributed by atoms with van der Waals surface area (Å²) in [5.74, 6) is -1.36. The number of carboxylic acid groups (broad SMARTS) is 1. The highest BCUT2D eigenvalue weighted by Crippen LogP contribution is 2.34. The average molecular weight is 485 g/mol. The van der Waals surface area contributed by atoms with E-state index >= 15 is 0 Å². The molecule has 2 amide bonds. The molecule has 0 radical (unpaired) electrons. The maximum absolute atomic E-state index is 12.7. The number of hydrogen-bond donors (Lipinski definition) is 2. The fraction of sp³-hybridized carbons (Fsp3) is 0. The number of thioether (sulfide) groups is 1. The minimum absolute atomic E-state index is 0.0670. The summed E-state index contributed by atoms with van der Waals surface area (Å²) >= 11 is 12.4. The summed E-state index contributed by atoms with van der Waals surface area (Å²) in [6.07, 6.45) is 1.49. The number of nitrogens with one attached hydrogen (secondary N) is 1. The number of furan rings is 1. The summed E-state index contributed by atoms with van der Waals surface area (Å²) in [6.45, 7) is 0. The Kier molecular flexibility index (Phi) is 6.13. The van der Waals surface area contributed by atoms with Crippen LogP contribution in [0.4, 0.5) is 0 Å². The lowest BCUT2D eigenvalue weighted by Gasteiger charge is -2.15. The molecule has 1 aliphatic heterocycles. The monoisotopic (exact) mass is 484 g/mol. The number of nitrogens with zero attached hydrogens (tertiary/aromatic N) is 1. The summed E-state index contributed by atoms with van der Waals surface area (Å²) in [5.41, 5.74) is 3.37. The Hall–Kier alpha value is -3.40. The predicted octanol–water partition coefficient (Wildman–Crippen LogP) is 4.84. The number of carboxylic acids is 1. The molecule has 3 aromatic rings. The molecule has 0 atom stereocenters. The van der Waals surface area contributed by atoms with Gasteiger partial charge in [0.15, 0.2) is 4.32 Å². The Morgan fingerprint density at radius 1 is 1.09 bits per heavy atom. The molecule has 1 aromatic heterocycles. The average Bonchev–Trinajstić information content (AvgIpc) is 3.34. The first-order valence-corrected chi connectivity index (χ1v) is 10.7. The highest BCUT2D eigenvalue weighted by Gasteiger charge is 2.34. The molecule has 2 heterocycles. The summed E-state index contributed by atoms with van der Waals surface area (Å²) in [6, 6.07) is 16.0. The van der Waals surface area contributed by atoms with Crippen LogP contribution in [0.25, 0.3) is 17.4 Å². The SMILES string of the molecule is O=C(O)c1ccc(Cl)c(-c2ccc(/C=C3\SC(=S)N(NC(=O)c4ccccc4)C3=O)o2)c1. The van der Waals surface area contributed by atoms with Crippen LogP contribution in [0.2, 0.25) is 5.02 Å². The second kappa shape index (κ2) is 8.99. The van der Waals surface area contributed by atoms with Gasteiger partial charge in [-0.05, 0) is 54.7 Å². The first-order chi connectivity index (χ1) is 15.3. The Labute approximate surface area is 196 Å². The molecule has 1 aliphatic rings. The Balaban J connectivity index is 1.54. The van der Waals surface area contributed by atoms with Gasteiger partial charge in [0.25, 0.3) is 11.8 Å². The number of hydrogen-bond acceptors (Lipinski definition) is 6. The van der Waals surface area contributed by atoms with Gasteiger partial charge in [-0.1, -0.05) is 41.6 Å². The van der Waals surface area contributed by atoms with Gasteiger partial charge in [0, 0.05) is 17.2 Å². The van der Waals surface area contributed by atoms with Crippen LogP contribution >= 0.6 is 35.6 Å². The van der Waals surface area contributed by atoms with E-state index in [1.165, 1.54) is 24.3 Å². The Morgan fingerprint density at radius 2 is 1.84 bits per heavy atom. The quantitative estimate of drug-likeness (QED) is 0.394. The molecule has 0 saturated carbocycles. The molecule has 2 aromatic carbocycles. The van der Waals surface area contributed by atoms with Crippen molar-refractivity contribution >= 4 is 63.8 Å². The molecule has 0 unspecified atom stereocenters. The van der Waals surface area contributed by atoms with E-state index in [4.69, 9.17) is 28.2 Å². The number of amides is 2. The number of thiocarbonyl (C=S) groups is 1. The number of aromatic carboxylic acids is 1. The van der Waals surface area contributed by atoms with Gasteiger partial charge in [0.05, 0.1) is 15.5 Å². The number of hydrazine groups is 1. The first-order valence-electron chi connectivity index (χ1n) is 9.10. The van der Waals surface area contributed by atoms with Crippen molar-refractivity contribution < 1.29 is 23.9 Å². The van der Waals surface area contributed by atoms with Crippen LogP contribution in [0.5, 0.6) is 0 Å². The van der Waals surface area contributed by atoms with Gasteiger partial charge in [-0.3, -0.25) is 15.0 Å². The molecule has 1 fully saturated rings. The Morgan fingerprint density at radius 3 is 2.56 bits per heavy atom. The molecule has 32 heavy (non-hydrogen) atoms. The topological polar surface area (TPSA) is 99.9 Å². The number of halogens is 1. The minimum Gasteiger partial charge on any atom is -0.478 e. The van der Waals surface area contributed by atoms with Gasteiger partial charge in [-0.25, -0.2) is 4.79 Å². The van der Waals surface area contributed by atoms with E-state index in [9.17, 15) is 19.5 Å². The maximum Gasteiger partial charge on any atom is 0.335 e. The van der Waals surface area contributed by atoms with E-state index in [0.29, 0.717) is 27.7 Å². The molecule has 0 aliphatic carbocycles. The zero-order chi connectivity index (χ0) is 22.8. The van der Waals surface area contributed by atoms with Crippen molar-refractivity contribution in [2.45, 2.75) is 0 Å². The molecule has 160 valence electrons. The summed E-state index contributed by atoms with van der Waals surface area (Å²) in [5, 5.41) is 10.5. The van der Waals surface area contributed by atoms with Crippen LogP contribution < -0.4 is 5.43 Å². The van der Waals surface area contributed by atoms with Gasteiger partial charge in [0.2, 0.25) is 0 Å². The predicted molar refractivity (Wildman–Crippen MR) is 125 cm³/mol. The van der Waals surface area contributed by atoms with Gasteiger partial charge in [0.1, 0.15) is 11.5 Å². The second-order valence-electron chi connectivity index (χ2n) is 6.53. The largest absolute Gasteiger partial charge is 0.478 e. The summed E-state index contributed by atoms with van der Waals surface area (Å²) in [7, 11) is 0. The van der Waals surface area contributed by atoms with E-state index < -0.39 is 17.8 Å². The van der Waals surface area contributed by atoms with Crippen LogP contribution in [-0.4, -0.2) is 32.2 Å². The summed E-state index contributed by atoms with van der Waals surface area (Å²) in [4.78, 5) is 36.6. The zero-order valence-corrected chi connectivity index (χ0v) is 18.5. The highest BCUT2D eigenvalue weighted by atomic mass is 35.5. The van der Waals surface area contributed by atoms with Crippen LogP contribution in [0.1, 0.15) is 26.5 Å². The van der Waals surface area contributed by atoms with Crippen molar-refractivity contribution in [3.63, 3.8) is 0 Å². The van der Waals surface area contributed by atoms with Crippen molar-refractivity contribution in [2.24, 2.45) is 0 Å². The first kappa shape index (κ1) is 21.8. The molecular weight excluding hydrogens is 472 g/mol. The fourth-order valence-corrected chi connectivity index (χ4v) is 4.24. The minimum atomic E-state index is -1.09. The van der Waals surface area contributed by atoms with Crippen LogP contribution in [0.3, 0.4) is 0 Å².